The smallest absolute Gasteiger partial charge is 0.250 e. The first-order valence-corrected chi connectivity index (χ1v) is 15.3. The molecule has 1 rings (SSSR count). The van der Waals surface area contributed by atoms with Gasteiger partial charge in [0.15, 0.2) is 6.29 Å². The van der Waals surface area contributed by atoms with E-state index >= 15 is 0 Å². The molecule has 0 aliphatic heterocycles. The Morgan fingerprint density at radius 2 is 1.20 bits per heavy atom. The van der Waals surface area contributed by atoms with Gasteiger partial charge in [0.1, 0.15) is 11.5 Å². The molecule has 0 saturated heterocycles. The fourth-order valence-electron chi connectivity index (χ4n) is 1.66. The number of hydrogen-bond donors (Lipinski definition) is 0. The summed E-state index contributed by atoms with van der Waals surface area (Å²) < 4.78 is 13.8. The summed E-state index contributed by atoms with van der Waals surface area (Å²) in [6.07, 6.45) is 0.846. The van der Waals surface area contributed by atoms with Crippen LogP contribution >= 0.6 is 15.9 Å². The van der Waals surface area contributed by atoms with Crippen molar-refractivity contribution >= 4 is 38.9 Å². The van der Waals surface area contributed by atoms with Gasteiger partial charge in [-0.05, 0) is 64.3 Å². The second-order valence-electron chi connectivity index (χ2n) is 9.66. The highest BCUT2D eigenvalue weighted by atomic mass is 79.9. The third kappa shape index (κ3) is 5.20. The molecule has 0 aliphatic carbocycles. The Bertz CT molecular complexity index is 641. The molecular weight excluding hydrogens is 412 g/mol. The van der Waals surface area contributed by atoms with E-state index in [1.54, 1.807) is 6.07 Å². The molecule has 0 radical (unpaired) electrons. The second kappa shape index (κ2) is 7.20. The summed E-state index contributed by atoms with van der Waals surface area (Å²) in [5, 5.41) is 0.146. The summed E-state index contributed by atoms with van der Waals surface area (Å²) in [5.74, 6) is 1.41. The SMILES string of the molecule is CC(C)(C)[Si](C)(C)Oc1cc(Br)c(C=O)cc1O[Si](C)(C)C(C)(C)C. The summed E-state index contributed by atoms with van der Waals surface area (Å²) in [4.78, 5) is 11.4. The summed E-state index contributed by atoms with van der Waals surface area (Å²) >= 11 is 3.48. The highest BCUT2D eigenvalue weighted by molar-refractivity contribution is 9.10. The molecule has 1 aromatic rings. The molecule has 0 heterocycles. The van der Waals surface area contributed by atoms with Gasteiger partial charge < -0.3 is 8.85 Å². The van der Waals surface area contributed by atoms with Gasteiger partial charge in [-0.3, -0.25) is 4.79 Å². The Balaban J connectivity index is 3.43. The van der Waals surface area contributed by atoms with E-state index in [9.17, 15) is 4.79 Å². The largest absolute Gasteiger partial charge is 0.541 e. The molecule has 0 aromatic heterocycles. The molecule has 25 heavy (non-hydrogen) atoms. The van der Waals surface area contributed by atoms with Crippen LogP contribution in [0.4, 0.5) is 0 Å². The van der Waals surface area contributed by atoms with Crippen LogP contribution in [0.15, 0.2) is 16.6 Å². The van der Waals surface area contributed by atoms with Crippen LogP contribution in [0.2, 0.25) is 36.3 Å². The van der Waals surface area contributed by atoms with Crippen LogP contribution < -0.4 is 8.85 Å². The zero-order valence-corrected chi connectivity index (χ0v) is 20.9. The van der Waals surface area contributed by atoms with E-state index in [1.165, 1.54) is 0 Å². The predicted molar refractivity (Wildman–Crippen MR) is 115 cm³/mol. The van der Waals surface area contributed by atoms with Gasteiger partial charge in [0, 0.05) is 10.0 Å². The molecule has 3 nitrogen and oxygen atoms in total. The van der Waals surface area contributed by atoms with Crippen molar-refractivity contribution < 1.29 is 13.6 Å². The highest BCUT2D eigenvalue weighted by Gasteiger charge is 2.42. The summed E-state index contributed by atoms with van der Waals surface area (Å²) in [6, 6.07) is 3.69. The van der Waals surface area contributed by atoms with Gasteiger partial charge in [-0.1, -0.05) is 41.5 Å². The first-order chi connectivity index (χ1) is 11.0. The normalized spacial score (nSPS) is 13.6. The minimum absolute atomic E-state index is 0.0651. The number of carbonyl (C=O) groups is 1. The van der Waals surface area contributed by atoms with E-state index in [2.05, 4.69) is 83.7 Å². The topological polar surface area (TPSA) is 35.5 Å². The molecule has 0 unspecified atom stereocenters. The first kappa shape index (κ1) is 22.4. The van der Waals surface area contributed by atoms with Gasteiger partial charge in [0.05, 0.1) is 0 Å². The van der Waals surface area contributed by atoms with Crippen molar-refractivity contribution in [1.82, 2.24) is 0 Å². The number of hydrogen-bond acceptors (Lipinski definition) is 3. The maximum absolute atomic E-state index is 11.4. The number of rotatable bonds is 5. The zero-order valence-electron chi connectivity index (χ0n) is 17.3. The Morgan fingerprint density at radius 1 is 0.840 bits per heavy atom. The lowest BCUT2D eigenvalue weighted by Crippen LogP contribution is -2.45. The number of benzene rings is 1. The highest BCUT2D eigenvalue weighted by Crippen LogP contribution is 2.44. The average Bonchev–Trinajstić information content (AvgIpc) is 2.38. The summed E-state index contributed by atoms with van der Waals surface area (Å²) in [5.41, 5.74) is 0.580. The predicted octanol–water partition coefficient (Wildman–Crippen LogP) is 7.03. The van der Waals surface area contributed by atoms with Crippen molar-refractivity contribution in [3.8, 4) is 11.5 Å². The van der Waals surface area contributed by atoms with Crippen LogP contribution in [-0.2, 0) is 0 Å². The lowest BCUT2D eigenvalue weighted by atomic mass is 10.2. The second-order valence-corrected chi connectivity index (χ2v) is 20.0. The molecule has 0 fully saturated rings. The number of carbonyl (C=O) groups excluding carboxylic acids is 1. The van der Waals surface area contributed by atoms with Crippen LogP contribution in [0.5, 0.6) is 11.5 Å². The van der Waals surface area contributed by atoms with Gasteiger partial charge in [-0.25, -0.2) is 0 Å². The van der Waals surface area contributed by atoms with Crippen LogP contribution in [0, 0.1) is 0 Å². The van der Waals surface area contributed by atoms with Crippen molar-refractivity contribution in [2.24, 2.45) is 0 Å². The minimum Gasteiger partial charge on any atom is -0.541 e. The van der Waals surface area contributed by atoms with Gasteiger partial charge in [0.2, 0.25) is 0 Å². The van der Waals surface area contributed by atoms with Crippen LogP contribution in [0.25, 0.3) is 0 Å². The van der Waals surface area contributed by atoms with E-state index < -0.39 is 16.6 Å². The molecule has 0 saturated carbocycles. The van der Waals surface area contributed by atoms with Crippen molar-refractivity contribution in [2.45, 2.75) is 77.8 Å². The molecule has 0 bridgehead atoms. The molecular formula is C19H33BrO3Si2. The molecule has 0 amide bonds. The van der Waals surface area contributed by atoms with E-state index in [-0.39, 0.29) is 10.1 Å². The molecule has 0 atom stereocenters. The first-order valence-electron chi connectivity index (χ1n) is 8.68. The minimum atomic E-state index is -2.05. The maximum Gasteiger partial charge on any atom is 0.250 e. The van der Waals surface area contributed by atoms with Crippen LogP contribution in [0.1, 0.15) is 51.9 Å². The lowest BCUT2D eigenvalue weighted by molar-refractivity contribution is 0.112. The Hall–Kier alpha value is -0.596. The van der Waals surface area contributed by atoms with E-state index in [1.807, 2.05) is 6.07 Å². The monoisotopic (exact) mass is 444 g/mol. The van der Waals surface area contributed by atoms with Crippen LogP contribution in [0.3, 0.4) is 0 Å². The third-order valence-corrected chi connectivity index (χ3v) is 14.9. The number of halogens is 1. The zero-order chi connectivity index (χ0) is 19.8. The fraction of sp³-hybridized carbons (Fsp3) is 0.632. The lowest BCUT2D eigenvalue weighted by Gasteiger charge is -2.39. The summed E-state index contributed by atoms with van der Waals surface area (Å²) in [6.45, 7) is 22.1. The molecule has 142 valence electrons. The van der Waals surface area contributed by atoms with Gasteiger partial charge in [-0.2, -0.15) is 0 Å². The Labute approximate surface area is 163 Å². The maximum atomic E-state index is 11.4. The van der Waals surface area contributed by atoms with Crippen LogP contribution in [-0.4, -0.2) is 22.9 Å². The van der Waals surface area contributed by atoms with Crippen molar-refractivity contribution in [1.29, 1.82) is 0 Å². The van der Waals surface area contributed by atoms with Crippen molar-refractivity contribution in [2.75, 3.05) is 0 Å². The Kier molecular flexibility index (Phi) is 6.46. The van der Waals surface area contributed by atoms with Gasteiger partial charge in [0.25, 0.3) is 16.6 Å². The van der Waals surface area contributed by atoms with E-state index in [4.69, 9.17) is 8.85 Å². The third-order valence-electron chi connectivity index (χ3n) is 5.53. The number of aldehydes is 1. The van der Waals surface area contributed by atoms with Gasteiger partial charge >= 0.3 is 0 Å². The molecule has 0 aliphatic rings. The molecule has 1 aromatic carbocycles. The molecule has 0 spiro atoms. The van der Waals surface area contributed by atoms with Crippen molar-refractivity contribution in [3.63, 3.8) is 0 Å². The fourth-order valence-corrected chi connectivity index (χ4v) is 4.10. The summed E-state index contributed by atoms with van der Waals surface area (Å²) in [7, 11) is -4.07. The van der Waals surface area contributed by atoms with Gasteiger partial charge in [-0.15, -0.1) is 0 Å². The molecule has 0 N–H and O–H groups in total. The standard InChI is InChI=1S/C19H33BrO3Si2/c1-18(2,3)24(7,8)22-16-11-14(13-21)15(20)12-17(16)23-25(9,10)19(4,5)6/h11-13H,1-10H3. The van der Waals surface area contributed by atoms with Crippen molar-refractivity contribution in [3.05, 3.63) is 22.2 Å². The van der Waals surface area contributed by atoms with E-state index in [0.717, 1.165) is 16.5 Å². The van der Waals surface area contributed by atoms with E-state index in [0.29, 0.717) is 11.3 Å². The Morgan fingerprint density at radius 3 is 1.52 bits per heavy atom. The average molecular weight is 446 g/mol. The molecule has 6 heteroatoms. The quantitative estimate of drug-likeness (QED) is 0.361.